The van der Waals surface area contributed by atoms with Gasteiger partial charge < -0.3 is 19.7 Å². The fraction of sp³-hybridized carbons (Fsp3) is 0.833. The zero-order chi connectivity index (χ0) is 13.3. The van der Waals surface area contributed by atoms with Crippen molar-refractivity contribution >= 4 is 24.8 Å². The fourth-order valence-corrected chi connectivity index (χ4v) is 3.21. The highest BCUT2D eigenvalue weighted by molar-refractivity contribution is 5.85. The molecular weight excluding hydrogens is 319 g/mol. The summed E-state index contributed by atoms with van der Waals surface area (Å²) in [5.41, 5.74) is 0.00931. The van der Waals surface area contributed by atoms with Crippen LogP contribution >= 0.6 is 24.8 Å². The first kappa shape index (κ1) is 18.6. The second kappa shape index (κ2) is 7.71. The third-order valence-corrected chi connectivity index (χ3v) is 4.21. The molecule has 0 bridgehead atoms. The standard InChI is InChI=1S/C12H20N4O3.2ClH/c1-18-5-10-14-11(19-15-10)4-16-3-9-2-13-6-12(9,7-16)8-17;;/h9,13,17H,2-8H2,1H3;2*1H. The van der Waals surface area contributed by atoms with Gasteiger partial charge in [0, 0.05) is 32.2 Å². The van der Waals surface area contributed by atoms with Crippen molar-refractivity contribution in [2.75, 3.05) is 39.9 Å². The molecule has 21 heavy (non-hydrogen) atoms. The number of aromatic nitrogens is 2. The van der Waals surface area contributed by atoms with Gasteiger partial charge in [0.05, 0.1) is 13.2 Å². The van der Waals surface area contributed by atoms with E-state index in [1.807, 2.05) is 0 Å². The van der Waals surface area contributed by atoms with Crippen LogP contribution < -0.4 is 5.32 Å². The van der Waals surface area contributed by atoms with Crippen molar-refractivity contribution in [3.63, 3.8) is 0 Å². The molecule has 0 aliphatic carbocycles. The van der Waals surface area contributed by atoms with Gasteiger partial charge >= 0.3 is 0 Å². The molecule has 2 atom stereocenters. The maximum Gasteiger partial charge on any atom is 0.240 e. The molecule has 3 heterocycles. The minimum atomic E-state index is 0. The van der Waals surface area contributed by atoms with E-state index in [9.17, 15) is 5.11 Å². The summed E-state index contributed by atoms with van der Waals surface area (Å²) in [6.45, 7) is 4.98. The Hall–Kier alpha value is -0.440. The largest absolute Gasteiger partial charge is 0.396 e. The highest BCUT2D eigenvalue weighted by Gasteiger charge is 2.49. The van der Waals surface area contributed by atoms with Gasteiger partial charge in [-0.25, -0.2) is 0 Å². The Bertz CT molecular complexity index is 448. The quantitative estimate of drug-likeness (QED) is 0.784. The molecule has 2 saturated heterocycles. The third kappa shape index (κ3) is 3.67. The van der Waals surface area contributed by atoms with Gasteiger partial charge in [0.15, 0.2) is 5.82 Å². The first-order valence-corrected chi connectivity index (χ1v) is 6.60. The van der Waals surface area contributed by atoms with E-state index in [1.54, 1.807) is 7.11 Å². The molecular formula is C12H22Cl2N4O3. The van der Waals surface area contributed by atoms with Crippen molar-refractivity contribution in [1.29, 1.82) is 0 Å². The number of nitrogens with one attached hydrogen (secondary N) is 1. The molecule has 2 aliphatic heterocycles. The molecule has 3 rings (SSSR count). The molecule has 0 amide bonds. The number of aliphatic hydroxyl groups excluding tert-OH is 1. The van der Waals surface area contributed by atoms with Crippen LogP contribution in [0, 0.1) is 11.3 Å². The van der Waals surface area contributed by atoms with Gasteiger partial charge in [-0.05, 0) is 12.5 Å². The van der Waals surface area contributed by atoms with Crippen molar-refractivity contribution in [1.82, 2.24) is 20.4 Å². The van der Waals surface area contributed by atoms with E-state index >= 15 is 0 Å². The van der Waals surface area contributed by atoms with Gasteiger partial charge in [-0.1, -0.05) is 5.16 Å². The van der Waals surface area contributed by atoms with Gasteiger partial charge in [-0.3, -0.25) is 4.90 Å². The topological polar surface area (TPSA) is 83.7 Å². The lowest BCUT2D eigenvalue weighted by molar-refractivity contribution is 0.122. The monoisotopic (exact) mass is 340 g/mol. The summed E-state index contributed by atoms with van der Waals surface area (Å²) in [6, 6.07) is 0. The summed E-state index contributed by atoms with van der Waals surface area (Å²) in [5.74, 6) is 1.71. The molecule has 7 nitrogen and oxygen atoms in total. The molecule has 2 aliphatic rings. The van der Waals surface area contributed by atoms with Crippen molar-refractivity contribution in [2.45, 2.75) is 13.2 Å². The Morgan fingerprint density at radius 3 is 3.00 bits per heavy atom. The van der Waals surface area contributed by atoms with Gasteiger partial charge in [-0.2, -0.15) is 4.98 Å². The van der Waals surface area contributed by atoms with Gasteiger partial charge in [0.1, 0.15) is 6.61 Å². The normalized spacial score (nSPS) is 28.0. The molecule has 1 aromatic rings. The molecule has 0 aromatic carbocycles. The third-order valence-electron chi connectivity index (χ3n) is 4.21. The summed E-state index contributed by atoms with van der Waals surface area (Å²) in [6.07, 6.45) is 0. The number of aliphatic hydroxyl groups is 1. The zero-order valence-corrected chi connectivity index (χ0v) is 13.6. The SMILES string of the molecule is COCc1noc(CN2CC3CNCC3(CO)C2)n1.Cl.Cl. The fourth-order valence-electron chi connectivity index (χ4n) is 3.21. The number of rotatable bonds is 5. The predicted molar refractivity (Wildman–Crippen MR) is 80.7 cm³/mol. The van der Waals surface area contributed by atoms with E-state index in [2.05, 4.69) is 20.4 Å². The van der Waals surface area contributed by atoms with Crippen LogP contribution in [0.4, 0.5) is 0 Å². The molecule has 9 heteroatoms. The second-order valence-electron chi connectivity index (χ2n) is 5.56. The van der Waals surface area contributed by atoms with Crippen molar-refractivity contribution in [3.8, 4) is 0 Å². The number of nitrogens with zero attached hydrogens (tertiary/aromatic N) is 3. The second-order valence-corrected chi connectivity index (χ2v) is 5.56. The Morgan fingerprint density at radius 2 is 2.33 bits per heavy atom. The van der Waals surface area contributed by atoms with E-state index < -0.39 is 0 Å². The van der Waals surface area contributed by atoms with E-state index in [0.29, 0.717) is 30.8 Å². The smallest absolute Gasteiger partial charge is 0.240 e. The van der Waals surface area contributed by atoms with Crippen LogP contribution in [0.3, 0.4) is 0 Å². The molecule has 122 valence electrons. The molecule has 0 spiro atoms. The first-order chi connectivity index (χ1) is 9.25. The van der Waals surface area contributed by atoms with Crippen molar-refractivity contribution in [2.24, 2.45) is 11.3 Å². The van der Waals surface area contributed by atoms with Gasteiger partial charge in [0.2, 0.25) is 5.89 Å². The lowest BCUT2D eigenvalue weighted by atomic mass is 9.82. The molecule has 2 unspecified atom stereocenters. The number of ether oxygens (including phenoxy) is 1. The van der Waals surface area contributed by atoms with Gasteiger partial charge in [-0.15, -0.1) is 24.8 Å². The van der Waals surface area contributed by atoms with E-state index in [0.717, 1.165) is 26.2 Å². The Kier molecular flexibility index (Phi) is 6.83. The Labute approximate surface area is 136 Å². The summed E-state index contributed by atoms with van der Waals surface area (Å²) in [4.78, 5) is 6.57. The van der Waals surface area contributed by atoms with Crippen LogP contribution in [0.15, 0.2) is 4.52 Å². The average Bonchev–Trinajstić information content (AvgIpc) is 3.04. The van der Waals surface area contributed by atoms with E-state index in [1.165, 1.54) is 0 Å². The highest BCUT2D eigenvalue weighted by atomic mass is 35.5. The lowest BCUT2D eigenvalue weighted by Gasteiger charge is -2.24. The summed E-state index contributed by atoms with van der Waals surface area (Å²) in [5, 5.41) is 16.9. The van der Waals surface area contributed by atoms with Crippen LogP contribution in [0.25, 0.3) is 0 Å². The minimum absolute atomic E-state index is 0. The molecule has 0 radical (unpaired) electrons. The number of hydrogen-bond donors (Lipinski definition) is 2. The zero-order valence-electron chi connectivity index (χ0n) is 11.9. The van der Waals surface area contributed by atoms with Crippen LogP contribution in [-0.4, -0.2) is 60.0 Å². The van der Waals surface area contributed by atoms with E-state index in [-0.39, 0.29) is 36.8 Å². The lowest BCUT2D eigenvalue weighted by Crippen LogP contribution is -2.35. The van der Waals surface area contributed by atoms with Crippen molar-refractivity contribution in [3.05, 3.63) is 11.7 Å². The number of fused-ring (bicyclic) bond motifs is 1. The predicted octanol–water partition coefficient (Wildman–Crippen LogP) is 0.0733. The summed E-state index contributed by atoms with van der Waals surface area (Å²) >= 11 is 0. The summed E-state index contributed by atoms with van der Waals surface area (Å²) in [7, 11) is 1.61. The minimum Gasteiger partial charge on any atom is -0.396 e. The van der Waals surface area contributed by atoms with Gasteiger partial charge in [0.25, 0.3) is 0 Å². The number of methoxy groups -OCH3 is 1. The van der Waals surface area contributed by atoms with Crippen LogP contribution in [0.5, 0.6) is 0 Å². The highest BCUT2D eigenvalue weighted by Crippen LogP contribution is 2.38. The first-order valence-electron chi connectivity index (χ1n) is 6.60. The molecule has 1 aromatic heterocycles. The molecule has 0 saturated carbocycles. The van der Waals surface area contributed by atoms with Crippen LogP contribution in [-0.2, 0) is 17.9 Å². The maximum atomic E-state index is 9.65. The maximum absolute atomic E-state index is 9.65. The number of likely N-dealkylation sites (tertiary alicyclic amines) is 1. The number of hydrogen-bond acceptors (Lipinski definition) is 7. The van der Waals surface area contributed by atoms with Crippen molar-refractivity contribution < 1.29 is 14.4 Å². The molecule has 2 N–H and O–H groups in total. The Morgan fingerprint density at radius 1 is 1.52 bits per heavy atom. The van der Waals surface area contributed by atoms with Crippen LogP contribution in [0.2, 0.25) is 0 Å². The average molecular weight is 341 g/mol. The van der Waals surface area contributed by atoms with Crippen LogP contribution in [0.1, 0.15) is 11.7 Å². The van der Waals surface area contributed by atoms with E-state index in [4.69, 9.17) is 9.26 Å². The number of halogens is 2. The molecule has 2 fully saturated rings. The Balaban J connectivity index is 0.00000110. The summed E-state index contributed by atoms with van der Waals surface area (Å²) < 4.78 is 10.2.